The van der Waals surface area contributed by atoms with E-state index in [0.29, 0.717) is 25.5 Å². The van der Waals surface area contributed by atoms with Gasteiger partial charge in [0.25, 0.3) is 0 Å². The lowest BCUT2D eigenvalue weighted by molar-refractivity contribution is -0.134. The van der Waals surface area contributed by atoms with Crippen molar-refractivity contribution in [3.8, 4) is 11.4 Å². The molecule has 0 aliphatic carbocycles. The molecule has 0 spiro atoms. The smallest absolute Gasteiger partial charge is 0.225 e. The minimum atomic E-state index is 0.0145. The van der Waals surface area contributed by atoms with Crippen molar-refractivity contribution in [3.63, 3.8) is 0 Å². The number of carbonyl (C=O) groups excluding carboxylic acids is 1. The zero-order chi connectivity index (χ0) is 24.1. The Balaban J connectivity index is 1.74. The van der Waals surface area contributed by atoms with E-state index in [4.69, 9.17) is 14.7 Å². The number of carbonyl (C=O) groups is 1. The van der Waals surface area contributed by atoms with Crippen molar-refractivity contribution in [2.24, 2.45) is 5.92 Å². The van der Waals surface area contributed by atoms with Crippen LogP contribution in [-0.4, -0.2) is 54.1 Å². The summed E-state index contributed by atoms with van der Waals surface area (Å²) in [6.07, 6.45) is 0.731. The van der Waals surface area contributed by atoms with E-state index in [0.717, 1.165) is 42.1 Å². The maximum absolute atomic E-state index is 12.5. The maximum Gasteiger partial charge on any atom is 0.225 e. The highest BCUT2D eigenvalue weighted by molar-refractivity contribution is 5.78. The van der Waals surface area contributed by atoms with Gasteiger partial charge in [0.2, 0.25) is 5.91 Å². The minimum absolute atomic E-state index is 0.0145. The number of benzene rings is 2. The van der Waals surface area contributed by atoms with Gasteiger partial charge in [-0.1, -0.05) is 74.0 Å². The summed E-state index contributed by atoms with van der Waals surface area (Å²) in [6, 6.07) is 18.7. The Labute approximate surface area is 202 Å². The fourth-order valence-corrected chi connectivity index (χ4v) is 4.35. The first-order valence-corrected chi connectivity index (χ1v) is 12.0. The van der Waals surface area contributed by atoms with E-state index in [9.17, 15) is 4.79 Å². The Kier molecular flexibility index (Phi) is 7.58. The molecule has 2 aromatic carbocycles. The van der Waals surface area contributed by atoms with Crippen LogP contribution in [0.2, 0.25) is 0 Å². The molecule has 3 aromatic rings. The molecule has 178 valence electrons. The first kappa shape index (κ1) is 23.9. The number of nitrogens with zero attached hydrogens (tertiary/aromatic N) is 4. The van der Waals surface area contributed by atoms with Gasteiger partial charge in [0.1, 0.15) is 5.82 Å². The molecule has 4 rings (SSSR count). The first-order chi connectivity index (χ1) is 16.5. The van der Waals surface area contributed by atoms with Gasteiger partial charge in [-0.2, -0.15) is 0 Å². The quantitative estimate of drug-likeness (QED) is 0.522. The number of aromatic nitrogens is 2. The zero-order valence-corrected chi connectivity index (χ0v) is 20.6. The van der Waals surface area contributed by atoms with Crippen LogP contribution in [0, 0.1) is 12.8 Å². The SMILES string of the molecule is COCc1nc(-c2ccccc2)nc(N2CCN(C(=O)C(C)C)CC2)c1Cc1ccc(C)cc1. The van der Waals surface area contributed by atoms with Gasteiger partial charge < -0.3 is 14.5 Å². The average molecular weight is 459 g/mol. The third kappa shape index (κ3) is 5.45. The number of amides is 1. The third-order valence-corrected chi connectivity index (χ3v) is 6.27. The summed E-state index contributed by atoms with van der Waals surface area (Å²) in [4.78, 5) is 26.8. The third-order valence-electron chi connectivity index (χ3n) is 6.27. The van der Waals surface area contributed by atoms with E-state index in [-0.39, 0.29) is 11.8 Å². The Morgan fingerprint density at radius 2 is 1.65 bits per heavy atom. The van der Waals surface area contributed by atoms with Crippen LogP contribution in [0.15, 0.2) is 54.6 Å². The predicted molar refractivity (Wildman–Crippen MR) is 136 cm³/mol. The van der Waals surface area contributed by atoms with Crippen LogP contribution in [0.3, 0.4) is 0 Å². The van der Waals surface area contributed by atoms with E-state index in [1.807, 2.05) is 49.1 Å². The second-order valence-corrected chi connectivity index (χ2v) is 9.22. The molecule has 6 nitrogen and oxygen atoms in total. The van der Waals surface area contributed by atoms with Crippen molar-refractivity contribution in [2.45, 2.75) is 33.8 Å². The number of hydrogen-bond acceptors (Lipinski definition) is 5. The first-order valence-electron chi connectivity index (χ1n) is 12.0. The normalized spacial score (nSPS) is 14.0. The average Bonchev–Trinajstić information content (AvgIpc) is 2.86. The number of ether oxygens (including phenoxy) is 1. The second kappa shape index (κ2) is 10.8. The van der Waals surface area contributed by atoms with Crippen molar-refractivity contribution in [1.29, 1.82) is 0 Å². The van der Waals surface area contributed by atoms with Crippen molar-refractivity contribution >= 4 is 11.7 Å². The summed E-state index contributed by atoms with van der Waals surface area (Å²) >= 11 is 0. The minimum Gasteiger partial charge on any atom is -0.378 e. The molecule has 1 amide bonds. The van der Waals surface area contributed by atoms with Gasteiger partial charge >= 0.3 is 0 Å². The molecule has 1 fully saturated rings. The van der Waals surface area contributed by atoms with Crippen LogP contribution in [0.1, 0.15) is 36.2 Å². The standard InChI is InChI=1S/C28H34N4O2/c1-20(2)28(33)32-16-14-31(15-17-32)27-24(18-22-12-10-21(3)11-13-22)25(19-34-4)29-26(30-27)23-8-6-5-7-9-23/h5-13,20H,14-19H2,1-4H3. The summed E-state index contributed by atoms with van der Waals surface area (Å²) in [6.45, 7) is 9.33. The Bertz CT molecular complexity index is 1110. The van der Waals surface area contributed by atoms with Crippen LogP contribution >= 0.6 is 0 Å². The van der Waals surface area contributed by atoms with Crippen LogP contribution in [0.4, 0.5) is 5.82 Å². The zero-order valence-electron chi connectivity index (χ0n) is 20.6. The topological polar surface area (TPSA) is 58.6 Å². The summed E-state index contributed by atoms with van der Waals surface area (Å²) in [7, 11) is 1.70. The summed E-state index contributed by atoms with van der Waals surface area (Å²) in [5.74, 6) is 1.88. The van der Waals surface area contributed by atoms with Crippen molar-refractivity contribution in [3.05, 3.63) is 77.0 Å². The van der Waals surface area contributed by atoms with E-state index < -0.39 is 0 Å². The molecule has 0 radical (unpaired) electrons. The molecule has 1 aromatic heterocycles. The van der Waals surface area contributed by atoms with Gasteiger partial charge in [0.05, 0.1) is 12.3 Å². The highest BCUT2D eigenvalue weighted by Crippen LogP contribution is 2.29. The number of hydrogen-bond donors (Lipinski definition) is 0. The number of piperazine rings is 1. The number of rotatable bonds is 7. The van der Waals surface area contributed by atoms with Crippen molar-refractivity contribution < 1.29 is 9.53 Å². The molecule has 34 heavy (non-hydrogen) atoms. The maximum atomic E-state index is 12.5. The molecular formula is C28H34N4O2. The summed E-state index contributed by atoms with van der Waals surface area (Å²) in [5, 5.41) is 0. The predicted octanol–water partition coefficient (Wildman–Crippen LogP) is 4.49. The molecule has 0 atom stereocenters. The van der Waals surface area contributed by atoms with Crippen LogP contribution in [0.5, 0.6) is 0 Å². The fraction of sp³-hybridized carbons (Fsp3) is 0.393. The molecule has 0 saturated carbocycles. The number of anilines is 1. The highest BCUT2D eigenvalue weighted by Gasteiger charge is 2.27. The summed E-state index contributed by atoms with van der Waals surface area (Å²) < 4.78 is 5.57. The van der Waals surface area contributed by atoms with E-state index in [1.54, 1.807) is 7.11 Å². The lowest BCUT2D eigenvalue weighted by atomic mass is 10.0. The van der Waals surface area contributed by atoms with E-state index in [1.165, 1.54) is 11.1 Å². The van der Waals surface area contributed by atoms with E-state index in [2.05, 4.69) is 36.1 Å². The van der Waals surface area contributed by atoms with Gasteiger partial charge in [-0.3, -0.25) is 4.79 Å². The van der Waals surface area contributed by atoms with Gasteiger partial charge in [0, 0.05) is 56.8 Å². The molecule has 0 unspecified atom stereocenters. The van der Waals surface area contributed by atoms with Crippen LogP contribution < -0.4 is 4.90 Å². The second-order valence-electron chi connectivity index (χ2n) is 9.22. The Morgan fingerprint density at radius 1 is 0.971 bits per heavy atom. The lowest BCUT2D eigenvalue weighted by Gasteiger charge is -2.37. The molecule has 1 saturated heterocycles. The van der Waals surface area contributed by atoms with Crippen LogP contribution in [-0.2, 0) is 22.6 Å². The highest BCUT2D eigenvalue weighted by atomic mass is 16.5. The molecule has 1 aliphatic heterocycles. The van der Waals surface area contributed by atoms with Gasteiger partial charge in [-0.05, 0) is 12.5 Å². The number of aryl methyl sites for hydroxylation is 1. The Hall–Kier alpha value is -3.25. The molecule has 0 N–H and O–H groups in total. The monoisotopic (exact) mass is 458 g/mol. The molecule has 1 aliphatic rings. The Morgan fingerprint density at radius 3 is 2.26 bits per heavy atom. The lowest BCUT2D eigenvalue weighted by Crippen LogP contribution is -2.50. The summed E-state index contributed by atoms with van der Waals surface area (Å²) in [5.41, 5.74) is 5.44. The van der Waals surface area contributed by atoms with Crippen molar-refractivity contribution in [1.82, 2.24) is 14.9 Å². The van der Waals surface area contributed by atoms with Gasteiger partial charge in [-0.25, -0.2) is 9.97 Å². The molecule has 2 heterocycles. The van der Waals surface area contributed by atoms with Gasteiger partial charge in [-0.15, -0.1) is 0 Å². The molecular weight excluding hydrogens is 424 g/mol. The fourth-order valence-electron chi connectivity index (χ4n) is 4.35. The van der Waals surface area contributed by atoms with Gasteiger partial charge in [0.15, 0.2) is 5.82 Å². The molecule has 0 bridgehead atoms. The van der Waals surface area contributed by atoms with E-state index >= 15 is 0 Å². The number of methoxy groups -OCH3 is 1. The molecule has 6 heteroatoms. The largest absolute Gasteiger partial charge is 0.378 e. The van der Waals surface area contributed by atoms with Crippen LogP contribution in [0.25, 0.3) is 11.4 Å². The van der Waals surface area contributed by atoms with Crippen molar-refractivity contribution in [2.75, 3.05) is 38.2 Å².